The van der Waals surface area contributed by atoms with Crippen molar-refractivity contribution in [3.63, 3.8) is 0 Å². The fourth-order valence-electron chi connectivity index (χ4n) is 2.26. The normalized spacial score (nSPS) is 17.1. The van der Waals surface area contributed by atoms with E-state index in [0.717, 1.165) is 22.2 Å². The fraction of sp³-hybridized carbons (Fsp3) is 0.200. The van der Waals surface area contributed by atoms with Crippen LogP contribution in [-0.2, 0) is 0 Å². The maximum atomic E-state index is 12.3. The maximum absolute atomic E-state index is 12.3. The third-order valence-electron chi connectivity index (χ3n) is 3.28. The molecule has 108 valence electrons. The van der Waals surface area contributed by atoms with Gasteiger partial charge in [-0.2, -0.15) is 0 Å². The number of amides is 1. The van der Waals surface area contributed by atoms with E-state index in [-0.39, 0.29) is 11.9 Å². The van der Waals surface area contributed by atoms with Gasteiger partial charge in [-0.05, 0) is 58.2 Å². The van der Waals surface area contributed by atoms with Gasteiger partial charge in [0.05, 0.1) is 6.04 Å². The van der Waals surface area contributed by atoms with Gasteiger partial charge in [-0.15, -0.1) is 11.8 Å². The smallest absolute Gasteiger partial charge is 0.270 e. The Morgan fingerprint density at radius 1 is 1.38 bits per heavy atom. The van der Waals surface area contributed by atoms with E-state index in [2.05, 4.69) is 26.2 Å². The van der Waals surface area contributed by atoms with Crippen molar-refractivity contribution in [3.05, 3.63) is 57.3 Å². The Morgan fingerprint density at radius 2 is 2.24 bits per heavy atom. The molecule has 0 saturated heterocycles. The molecule has 1 aliphatic rings. The van der Waals surface area contributed by atoms with Crippen LogP contribution in [0.5, 0.6) is 0 Å². The van der Waals surface area contributed by atoms with Crippen LogP contribution in [0.4, 0.5) is 0 Å². The first-order valence-electron chi connectivity index (χ1n) is 6.48. The van der Waals surface area contributed by atoms with Gasteiger partial charge in [0.25, 0.3) is 5.91 Å². The molecule has 3 nitrogen and oxygen atoms in total. The molecule has 6 heteroatoms. The number of nitrogens with zero attached hydrogens (tertiary/aromatic N) is 1. The summed E-state index contributed by atoms with van der Waals surface area (Å²) in [6.07, 6.45) is 2.51. The largest absolute Gasteiger partial charge is 0.344 e. The number of rotatable bonds is 2. The van der Waals surface area contributed by atoms with E-state index in [4.69, 9.17) is 11.6 Å². The van der Waals surface area contributed by atoms with Crippen molar-refractivity contribution >= 4 is 45.2 Å². The summed E-state index contributed by atoms with van der Waals surface area (Å²) in [5.74, 6) is 0.818. The van der Waals surface area contributed by atoms with Crippen molar-refractivity contribution in [1.29, 1.82) is 0 Å². The number of benzene rings is 1. The van der Waals surface area contributed by atoms with Crippen molar-refractivity contribution in [2.24, 2.45) is 0 Å². The molecule has 21 heavy (non-hydrogen) atoms. The van der Waals surface area contributed by atoms with Gasteiger partial charge in [0.15, 0.2) is 0 Å². The van der Waals surface area contributed by atoms with Gasteiger partial charge in [-0.3, -0.25) is 4.79 Å². The minimum Gasteiger partial charge on any atom is -0.344 e. The molecule has 1 aromatic heterocycles. The molecule has 0 aliphatic carbocycles. The summed E-state index contributed by atoms with van der Waals surface area (Å²) in [5.41, 5.74) is 1.50. The average Bonchev–Trinajstić information content (AvgIpc) is 2.48. The molecule has 1 N–H and O–H groups in total. The quantitative estimate of drug-likeness (QED) is 0.832. The van der Waals surface area contributed by atoms with Crippen LogP contribution in [0.1, 0.15) is 28.5 Å². The summed E-state index contributed by atoms with van der Waals surface area (Å²) >= 11 is 11.2. The third-order valence-corrected chi connectivity index (χ3v) is 5.10. The number of thioether (sulfide) groups is 1. The summed E-state index contributed by atoms with van der Waals surface area (Å²) in [4.78, 5) is 17.6. The van der Waals surface area contributed by atoms with E-state index in [1.165, 1.54) is 4.90 Å². The molecule has 2 heterocycles. The van der Waals surface area contributed by atoms with Gasteiger partial charge in [0, 0.05) is 26.3 Å². The molecule has 0 saturated carbocycles. The summed E-state index contributed by atoms with van der Waals surface area (Å²) in [6.45, 7) is 0. The second-order valence-corrected chi connectivity index (χ2v) is 7.20. The van der Waals surface area contributed by atoms with Crippen LogP contribution in [0.25, 0.3) is 0 Å². The zero-order chi connectivity index (χ0) is 14.8. The Bertz CT molecular complexity index is 678. The minimum absolute atomic E-state index is 0.0158. The topological polar surface area (TPSA) is 42.0 Å². The van der Waals surface area contributed by atoms with Crippen molar-refractivity contribution in [2.75, 3.05) is 5.75 Å². The Labute approximate surface area is 140 Å². The van der Waals surface area contributed by atoms with Crippen LogP contribution in [0.15, 0.2) is 45.9 Å². The molecule has 0 radical (unpaired) electrons. The highest BCUT2D eigenvalue weighted by Gasteiger charge is 2.23. The summed E-state index contributed by atoms with van der Waals surface area (Å²) in [5, 5.41) is 3.74. The van der Waals surface area contributed by atoms with Gasteiger partial charge in [0.2, 0.25) is 0 Å². The first kappa shape index (κ1) is 14.9. The van der Waals surface area contributed by atoms with Gasteiger partial charge < -0.3 is 5.32 Å². The molecule has 1 amide bonds. The lowest BCUT2D eigenvalue weighted by molar-refractivity contribution is 0.0930. The van der Waals surface area contributed by atoms with Crippen molar-refractivity contribution < 1.29 is 4.79 Å². The standard InChI is InChI=1S/C15H12BrClN2OS/c16-9-1-3-13(18-8-9)15(20)19-12-5-6-21-14-4-2-10(17)7-11(12)14/h1-4,7-8,12H,5-6H2,(H,19,20). The van der Waals surface area contributed by atoms with Crippen LogP contribution in [0, 0.1) is 0 Å². The highest BCUT2D eigenvalue weighted by atomic mass is 79.9. The Balaban J connectivity index is 1.81. The van der Waals surface area contributed by atoms with Crippen LogP contribution in [0.2, 0.25) is 5.02 Å². The second-order valence-electron chi connectivity index (χ2n) is 4.71. The third kappa shape index (κ3) is 3.42. The number of aromatic nitrogens is 1. The highest BCUT2D eigenvalue weighted by Crippen LogP contribution is 2.37. The van der Waals surface area contributed by atoms with E-state index < -0.39 is 0 Å². The zero-order valence-electron chi connectivity index (χ0n) is 11.0. The van der Waals surface area contributed by atoms with Crippen LogP contribution >= 0.6 is 39.3 Å². The second kappa shape index (κ2) is 6.38. The van der Waals surface area contributed by atoms with Crippen LogP contribution in [0.3, 0.4) is 0 Å². The lowest BCUT2D eigenvalue weighted by Gasteiger charge is -2.26. The van der Waals surface area contributed by atoms with Crippen molar-refractivity contribution in [3.8, 4) is 0 Å². The molecule has 2 aromatic rings. The molecule has 0 fully saturated rings. The molecule has 1 aromatic carbocycles. The molecular weight excluding hydrogens is 372 g/mol. The van der Waals surface area contributed by atoms with Gasteiger partial charge in [-0.1, -0.05) is 11.6 Å². The number of halogens is 2. The predicted molar refractivity (Wildman–Crippen MR) is 88.9 cm³/mol. The number of carbonyl (C=O) groups excluding carboxylic acids is 1. The van der Waals surface area contributed by atoms with Gasteiger partial charge in [-0.25, -0.2) is 4.98 Å². The number of pyridine rings is 1. The number of fused-ring (bicyclic) bond motifs is 1. The molecule has 3 rings (SSSR count). The highest BCUT2D eigenvalue weighted by molar-refractivity contribution is 9.10. The minimum atomic E-state index is -0.162. The first-order valence-corrected chi connectivity index (χ1v) is 8.64. The molecule has 0 bridgehead atoms. The average molecular weight is 384 g/mol. The summed E-state index contributed by atoms with van der Waals surface area (Å²) in [7, 11) is 0. The zero-order valence-corrected chi connectivity index (χ0v) is 14.1. The van der Waals surface area contributed by atoms with E-state index in [1.807, 2.05) is 24.3 Å². The van der Waals surface area contributed by atoms with E-state index in [9.17, 15) is 4.79 Å². The molecule has 1 aliphatic heterocycles. The van der Waals surface area contributed by atoms with Gasteiger partial charge in [0.1, 0.15) is 5.69 Å². The van der Waals surface area contributed by atoms with E-state index in [1.54, 1.807) is 24.0 Å². The Kier molecular flexibility index (Phi) is 4.52. The van der Waals surface area contributed by atoms with Crippen molar-refractivity contribution in [2.45, 2.75) is 17.4 Å². The lowest BCUT2D eigenvalue weighted by Crippen LogP contribution is -2.31. The number of hydrogen-bond acceptors (Lipinski definition) is 3. The molecule has 1 unspecified atom stereocenters. The van der Waals surface area contributed by atoms with Gasteiger partial charge >= 0.3 is 0 Å². The number of carbonyl (C=O) groups is 1. The Morgan fingerprint density at radius 3 is 3.00 bits per heavy atom. The number of nitrogens with one attached hydrogen (secondary N) is 1. The summed E-state index contributed by atoms with van der Waals surface area (Å²) in [6, 6.07) is 9.33. The maximum Gasteiger partial charge on any atom is 0.270 e. The van der Waals surface area contributed by atoms with Crippen LogP contribution < -0.4 is 5.32 Å². The molecule has 0 spiro atoms. The predicted octanol–water partition coefficient (Wildman–Crippen LogP) is 4.46. The SMILES string of the molecule is O=C(NC1CCSc2ccc(Cl)cc21)c1ccc(Br)cn1. The molecular formula is C15H12BrClN2OS. The fourth-order valence-corrected chi connectivity index (χ4v) is 3.78. The Hall–Kier alpha value is -1.04. The van der Waals surface area contributed by atoms with E-state index in [0.29, 0.717) is 10.7 Å². The van der Waals surface area contributed by atoms with Crippen molar-refractivity contribution in [1.82, 2.24) is 10.3 Å². The molecule has 1 atom stereocenters. The van der Waals surface area contributed by atoms with E-state index >= 15 is 0 Å². The monoisotopic (exact) mass is 382 g/mol. The first-order chi connectivity index (χ1) is 10.1. The van der Waals surface area contributed by atoms with Crippen LogP contribution in [-0.4, -0.2) is 16.6 Å². The number of hydrogen-bond donors (Lipinski definition) is 1. The summed E-state index contributed by atoms with van der Waals surface area (Å²) < 4.78 is 0.852. The lowest BCUT2D eigenvalue weighted by atomic mass is 10.0.